The summed E-state index contributed by atoms with van der Waals surface area (Å²) >= 11 is 18.1. The van der Waals surface area contributed by atoms with Crippen LogP contribution in [0.3, 0.4) is 0 Å². The Morgan fingerprint density at radius 1 is 0.909 bits per heavy atom. The maximum absolute atomic E-state index is 13.0. The van der Waals surface area contributed by atoms with Crippen LogP contribution < -0.4 is 9.47 Å². The fraction of sp³-hybridized carbons (Fsp3) is 0.429. The van der Waals surface area contributed by atoms with Crippen molar-refractivity contribution in [3.8, 4) is 11.5 Å². The Labute approximate surface area is 209 Å². The van der Waals surface area contributed by atoms with Crippen LogP contribution in [0.15, 0.2) is 46.2 Å². The average Bonchev–Trinajstić information content (AvgIpc) is 2.76. The number of alkyl halides is 1. The van der Waals surface area contributed by atoms with E-state index in [1.807, 2.05) is 6.92 Å². The average molecular weight is 560 g/mol. The molecule has 0 spiro atoms. The summed E-state index contributed by atoms with van der Waals surface area (Å²) in [7, 11) is -7.32. The molecule has 0 aromatic heterocycles. The highest BCUT2D eigenvalue weighted by Gasteiger charge is 2.22. The summed E-state index contributed by atoms with van der Waals surface area (Å²) < 4.78 is 60.1. The molecule has 2 unspecified atom stereocenters. The van der Waals surface area contributed by atoms with Crippen molar-refractivity contribution in [3.63, 3.8) is 0 Å². The minimum atomic E-state index is -3.94. The van der Waals surface area contributed by atoms with Crippen molar-refractivity contribution in [2.75, 3.05) is 30.6 Å². The first-order chi connectivity index (χ1) is 15.4. The lowest BCUT2D eigenvalue weighted by Gasteiger charge is -2.14. The number of aliphatic hydroxyl groups is 1. The zero-order valence-corrected chi connectivity index (χ0v) is 21.9. The Bertz CT molecular complexity index is 1170. The molecular weight excluding hydrogens is 535 g/mol. The van der Waals surface area contributed by atoms with Gasteiger partial charge in [-0.2, -0.15) is 0 Å². The third-order valence-corrected chi connectivity index (χ3v) is 9.17. The number of aliphatic hydroxyl groups excluding tert-OH is 1. The molecule has 0 amide bonds. The fourth-order valence-electron chi connectivity index (χ4n) is 2.59. The molecule has 0 radical (unpaired) electrons. The summed E-state index contributed by atoms with van der Waals surface area (Å²) in [4.78, 5) is -0.135. The number of sulfone groups is 2. The molecule has 184 valence electrons. The molecule has 2 aromatic rings. The van der Waals surface area contributed by atoms with Gasteiger partial charge in [-0.05, 0) is 36.4 Å². The second kappa shape index (κ2) is 12.0. The van der Waals surface area contributed by atoms with E-state index in [2.05, 4.69) is 0 Å². The molecule has 0 bridgehead atoms. The molecule has 0 aliphatic heterocycles. The van der Waals surface area contributed by atoms with Crippen LogP contribution in [0.2, 0.25) is 10.0 Å². The first-order valence-corrected chi connectivity index (χ1v) is 14.5. The summed E-state index contributed by atoms with van der Waals surface area (Å²) in [5.41, 5.74) is 0. The van der Waals surface area contributed by atoms with Crippen LogP contribution in [0.1, 0.15) is 13.8 Å². The Morgan fingerprint density at radius 2 is 1.39 bits per heavy atom. The Balaban J connectivity index is 2.15. The molecule has 0 saturated heterocycles. The highest BCUT2D eigenvalue weighted by molar-refractivity contribution is 7.91. The van der Waals surface area contributed by atoms with E-state index in [0.29, 0.717) is 18.2 Å². The molecule has 0 saturated carbocycles. The van der Waals surface area contributed by atoms with Crippen LogP contribution in [0.4, 0.5) is 0 Å². The second-order valence-corrected chi connectivity index (χ2v) is 12.9. The number of halogens is 3. The number of ether oxygens (including phenoxy) is 2. The highest BCUT2D eigenvalue weighted by Crippen LogP contribution is 2.33. The second-order valence-electron chi connectivity index (χ2n) is 7.42. The van der Waals surface area contributed by atoms with Gasteiger partial charge >= 0.3 is 0 Å². The van der Waals surface area contributed by atoms with Gasteiger partial charge in [0.1, 0.15) is 24.2 Å². The van der Waals surface area contributed by atoms with Crippen LogP contribution in [0, 0.1) is 5.92 Å². The van der Waals surface area contributed by atoms with Gasteiger partial charge in [0.05, 0.1) is 32.2 Å². The minimum absolute atomic E-state index is 0.0114. The molecule has 33 heavy (non-hydrogen) atoms. The van der Waals surface area contributed by atoms with Crippen LogP contribution in [0.25, 0.3) is 0 Å². The third kappa shape index (κ3) is 7.90. The highest BCUT2D eigenvalue weighted by atomic mass is 35.5. The lowest BCUT2D eigenvalue weighted by Crippen LogP contribution is -2.28. The molecule has 2 rings (SSSR count). The zero-order chi connectivity index (χ0) is 24.8. The molecule has 7 nitrogen and oxygen atoms in total. The van der Waals surface area contributed by atoms with Crippen LogP contribution >= 0.6 is 34.8 Å². The van der Waals surface area contributed by atoms with E-state index in [9.17, 15) is 21.9 Å². The monoisotopic (exact) mass is 558 g/mol. The molecule has 1 N–H and O–H groups in total. The summed E-state index contributed by atoms with van der Waals surface area (Å²) in [6, 6.07) is 7.99. The summed E-state index contributed by atoms with van der Waals surface area (Å²) in [6.45, 7) is 3.41. The van der Waals surface area contributed by atoms with E-state index in [1.165, 1.54) is 43.3 Å². The molecule has 12 heteroatoms. The maximum Gasteiger partial charge on any atom is 0.206 e. The van der Waals surface area contributed by atoms with Crippen LogP contribution in [-0.2, 0) is 19.7 Å². The minimum Gasteiger partial charge on any atom is -0.492 e. The molecule has 2 atom stereocenters. The summed E-state index contributed by atoms with van der Waals surface area (Å²) in [5, 5.41) is 9.99. The number of hydrogen-bond acceptors (Lipinski definition) is 7. The van der Waals surface area contributed by atoms with Crippen molar-refractivity contribution < 1.29 is 31.4 Å². The smallest absolute Gasteiger partial charge is 0.206 e. The van der Waals surface area contributed by atoms with Crippen LogP contribution in [-0.4, -0.2) is 58.6 Å². The summed E-state index contributed by atoms with van der Waals surface area (Å²) in [6.07, 6.45) is -1.25. The topological polar surface area (TPSA) is 107 Å². The quantitative estimate of drug-likeness (QED) is 0.387. The molecule has 0 aliphatic carbocycles. The van der Waals surface area contributed by atoms with Gasteiger partial charge in [-0.25, -0.2) is 16.8 Å². The van der Waals surface area contributed by atoms with Gasteiger partial charge in [0.25, 0.3) is 0 Å². The Hall–Kier alpha value is -1.23. The Kier molecular flexibility index (Phi) is 10.1. The van der Waals surface area contributed by atoms with Crippen molar-refractivity contribution in [2.45, 2.75) is 29.7 Å². The standard InChI is InChI=1S/C21H25Cl3O7S2/c1-3-32(26,27)13-15(25)12-31-21-7-5-17(9-19(21)24)33(28,29)16-4-6-20(18(23)8-16)30-11-14(2)10-22/h4-9,14-15,25H,3,10-13H2,1-2H3. The fourth-order valence-corrected chi connectivity index (χ4v) is 5.51. The van der Waals surface area contributed by atoms with Gasteiger partial charge in [-0.1, -0.05) is 37.0 Å². The lowest BCUT2D eigenvalue weighted by molar-refractivity contribution is 0.125. The van der Waals surface area contributed by atoms with Gasteiger partial charge < -0.3 is 14.6 Å². The predicted octanol–water partition coefficient (Wildman–Crippen LogP) is 4.25. The molecule has 0 aliphatic rings. The van der Waals surface area contributed by atoms with Gasteiger partial charge in [0.15, 0.2) is 9.84 Å². The molecular formula is C21H25Cl3O7S2. The van der Waals surface area contributed by atoms with Gasteiger partial charge in [-0.15, -0.1) is 11.6 Å². The van der Waals surface area contributed by atoms with Crippen LogP contribution in [0.5, 0.6) is 11.5 Å². The van der Waals surface area contributed by atoms with Gasteiger partial charge in [0.2, 0.25) is 9.84 Å². The normalized spacial score (nSPS) is 14.0. The Morgan fingerprint density at radius 3 is 1.82 bits per heavy atom. The summed E-state index contributed by atoms with van der Waals surface area (Å²) in [5.74, 6) is 0.434. The third-order valence-electron chi connectivity index (χ3n) is 4.53. The molecule has 2 aromatic carbocycles. The van der Waals surface area contributed by atoms with Crippen molar-refractivity contribution in [1.82, 2.24) is 0 Å². The van der Waals surface area contributed by atoms with E-state index < -0.39 is 31.5 Å². The van der Waals surface area contributed by atoms with Crippen molar-refractivity contribution in [1.29, 1.82) is 0 Å². The van der Waals surface area contributed by atoms with E-state index in [-0.39, 0.29) is 43.9 Å². The van der Waals surface area contributed by atoms with Gasteiger partial charge in [0, 0.05) is 17.6 Å². The first-order valence-electron chi connectivity index (χ1n) is 9.93. The van der Waals surface area contributed by atoms with E-state index in [1.54, 1.807) is 0 Å². The SMILES string of the molecule is CCS(=O)(=O)CC(O)COc1ccc(S(=O)(=O)c2ccc(OCC(C)CCl)c(Cl)c2)cc1Cl. The number of hydrogen-bond donors (Lipinski definition) is 1. The van der Waals surface area contributed by atoms with Gasteiger partial charge in [-0.3, -0.25) is 0 Å². The maximum atomic E-state index is 13.0. The molecule has 0 fully saturated rings. The molecule has 0 heterocycles. The van der Waals surface area contributed by atoms with E-state index in [4.69, 9.17) is 44.3 Å². The first kappa shape index (κ1) is 28.0. The van der Waals surface area contributed by atoms with E-state index >= 15 is 0 Å². The van der Waals surface area contributed by atoms with Crippen molar-refractivity contribution >= 4 is 54.5 Å². The van der Waals surface area contributed by atoms with Crippen molar-refractivity contribution in [2.24, 2.45) is 5.92 Å². The number of rotatable bonds is 12. The predicted molar refractivity (Wildman–Crippen MR) is 130 cm³/mol. The van der Waals surface area contributed by atoms with Crippen molar-refractivity contribution in [3.05, 3.63) is 46.4 Å². The zero-order valence-electron chi connectivity index (χ0n) is 18.0. The lowest BCUT2D eigenvalue weighted by atomic mass is 10.2. The van der Waals surface area contributed by atoms with E-state index in [0.717, 1.165) is 0 Å². The largest absolute Gasteiger partial charge is 0.492 e. The number of benzene rings is 2.